The lowest BCUT2D eigenvalue weighted by Gasteiger charge is -2.33. The number of hydrogen-bond acceptors (Lipinski definition) is 4. The largest absolute Gasteiger partial charge is 0.381 e. The number of amides is 1. The van der Waals surface area contributed by atoms with Gasteiger partial charge in [-0.15, -0.1) is 11.3 Å². The average molecular weight is 328 g/mol. The first-order chi connectivity index (χ1) is 11.3. The van der Waals surface area contributed by atoms with Crippen LogP contribution in [0.4, 0.5) is 0 Å². The summed E-state index contributed by atoms with van der Waals surface area (Å²) in [6, 6.07) is 8.84. The molecular weight excluding hydrogens is 308 g/mol. The maximum absolute atomic E-state index is 12.7. The Labute approximate surface area is 139 Å². The van der Waals surface area contributed by atoms with Crippen molar-refractivity contribution in [3.63, 3.8) is 0 Å². The molecule has 120 valence electrons. The van der Waals surface area contributed by atoms with Crippen LogP contribution in [-0.4, -0.2) is 41.1 Å². The molecule has 1 saturated heterocycles. The van der Waals surface area contributed by atoms with Gasteiger partial charge in [0.25, 0.3) is 0 Å². The van der Waals surface area contributed by atoms with E-state index in [1.54, 1.807) is 17.4 Å². The highest BCUT2D eigenvalue weighted by molar-refractivity contribution is 7.19. The number of ether oxygens (including phenoxy) is 1. The first kappa shape index (κ1) is 14.8. The van der Waals surface area contributed by atoms with Gasteiger partial charge in [0.1, 0.15) is 5.01 Å². The number of carbonyl (C=O) groups excluding carboxylic acids is 1. The zero-order valence-corrected chi connectivity index (χ0v) is 13.8. The van der Waals surface area contributed by atoms with Gasteiger partial charge in [-0.2, -0.15) is 0 Å². The van der Waals surface area contributed by atoms with Crippen LogP contribution in [0, 0.1) is 0 Å². The van der Waals surface area contributed by atoms with E-state index in [0.717, 1.165) is 54.1 Å². The molecule has 0 atom stereocenters. The molecule has 23 heavy (non-hydrogen) atoms. The molecule has 4 nitrogen and oxygen atoms in total. The zero-order chi connectivity index (χ0) is 15.6. The minimum absolute atomic E-state index is 0.124. The van der Waals surface area contributed by atoms with Crippen molar-refractivity contribution in [1.29, 1.82) is 0 Å². The molecule has 0 spiro atoms. The quantitative estimate of drug-likeness (QED) is 0.807. The Morgan fingerprint density at radius 1 is 1.17 bits per heavy atom. The Bertz CT molecular complexity index is 696. The Morgan fingerprint density at radius 3 is 2.65 bits per heavy atom. The second-order valence-electron chi connectivity index (χ2n) is 6.17. The summed E-state index contributed by atoms with van der Waals surface area (Å²) >= 11 is 1.62. The number of benzene rings is 1. The highest BCUT2D eigenvalue weighted by Gasteiger charge is 2.36. The summed E-state index contributed by atoms with van der Waals surface area (Å²) in [4.78, 5) is 19.3. The Kier molecular flexibility index (Phi) is 4.14. The van der Waals surface area contributed by atoms with Gasteiger partial charge in [-0.05, 0) is 43.9 Å². The minimum atomic E-state index is 0.124. The van der Waals surface area contributed by atoms with Gasteiger partial charge in [0.2, 0.25) is 5.91 Å². The third-order valence-corrected chi connectivity index (χ3v) is 5.46. The van der Waals surface area contributed by atoms with Crippen LogP contribution in [-0.2, 0) is 9.53 Å². The van der Waals surface area contributed by atoms with Crippen LogP contribution in [0.2, 0.25) is 0 Å². The molecule has 2 aromatic rings. The lowest BCUT2D eigenvalue weighted by molar-refractivity contribution is -0.130. The van der Waals surface area contributed by atoms with Crippen LogP contribution in [0.5, 0.6) is 0 Å². The van der Waals surface area contributed by atoms with Gasteiger partial charge < -0.3 is 9.64 Å². The van der Waals surface area contributed by atoms with E-state index in [-0.39, 0.29) is 5.91 Å². The van der Waals surface area contributed by atoms with Gasteiger partial charge in [-0.25, -0.2) is 4.98 Å². The molecule has 0 bridgehead atoms. The molecule has 5 heteroatoms. The molecule has 2 heterocycles. The fourth-order valence-electron chi connectivity index (χ4n) is 3.16. The number of aromatic nitrogens is 1. The highest BCUT2D eigenvalue weighted by atomic mass is 32.1. The van der Waals surface area contributed by atoms with Crippen molar-refractivity contribution in [3.8, 4) is 0 Å². The first-order valence-corrected chi connectivity index (χ1v) is 9.06. The van der Waals surface area contributed by atoms with Crippen LogP contribution in [0.1, 0.15) is 30.7 Å². The van der Waals surface area contributed by atoms with Gasteiger partial charge in [0.05, 0.1) is 10.2 Å². The molecule has 1 saturated carbocycles. The molecule has 1 aromatic heterocycles. The smallest absolute Gasteiger partial charge is 0.247 e. The van der Waals surface area contributed by atoms with Gasteiger partial charge in [-0.1, -0.05) is 12.1 Å². The van der Waals surface area contributed by atoms with Crippen molar-refractivity contribution >= 4 is 33.5 Å². The van der Waals surface area contributed by atoms with Crippen LogP contribution in [0.3, 0.4) is 0 Å². The number of thiazole rings is 1. The molecule has 4 rings (SSSR count). The number of para-hydroxylation sites is 1. The van der Waals surface area contributed by atoms with E-state index in [9.17, 15) is 4.79 Å². The molecule has 0 radical (unpaired) electrons. The molecular formula is C18H20N2O2S. The third kappa shape index (κ3) is 3.31. The van der Waals surface area contributed by atoms with E-state index in [0.29, 0.717) is 12.1 Å². The third-order valence-electron chi connectivity index (χ3n) is 4.46. The fourth-order valence-corrected chi connectivity index (χ4v) is 4.03. The molecule has 0 N–H and O–H groups in total. The van der Waals surface area contributed by atoms with E-state index in [2.05, 4.69) is 16.0 Å². The van der Waals surface area contributed by atoms with Gasteiger partial charge in [0, 0.05) is 31.4 Å². The summed E-state index contributed by atoms with van der Waals surface area (Å²) in [7, 11) is 0. The van der Waals surface area contributed by atoms with Gasteiger partial charge in [-0.3, -0.25) is 4.79 Å². The van der Waals surface area contributed by atoms with Crippen LogP contribution >= 0.6 is 11.3 Å². The number of carbonyl (C=O) groups is 1. The van der Waals surface area contributed by atoms with Crippen molar-refractivity contribution in [3.05, 3.63) is 35.3 Å². The predicted molar refractivity (Wildman–Crippen MR) is 92.4 cm³/mol. The topological polar surface area (TPSA) is 42.4 Å². The number of fused-ring (bicyclic) bond motifs is 1. The molecule has 2 aliphatic rings. The summed E-state index contributed by atoms with van der Waals surface area (Å²) in [5, 5.41) is 0.891. The summed E-state index contributed by atoms with van der Waals surface area (Å²) in [6.07, 6.45) is 7.75. The number of hydrogen-bond donors (Lipinski definition) is 0. The van der Waals surface area contributed by atoms with E-state index in [1.165, 1.54) is 0 Å². The Balaban J connectivity index is 1.50. The monoisotopic (exact) mass is 328 g/mol. The van der Waals surface area contributed by atoms with Crippen molar-refractivity contribution < 1.29 is 9.53 Å². The molecule has 1 aliphatic carbocycles. The second-order valence-corrected chi connectivity index (χ2v) is 7.24. The molecule has 0 unspecified atom stereocenters. The summed E-state index contributed by atoms with van der Waals surface area (Å²) in [5.74, 6) is 0.124. The van der Waals surface area contributed by atoms with Crippen molar-refractivity contribution in [2.75, 3.05) is 13.2 Å². The minimum Gasteiger partial charge on any atom is -0.381 e. The van der Waals surface area contributed by atoms with Gasteiger partial charge in [0.15, 0.2) is 0 Å². The zero-order valence-electron chi connectivity index (χ0n) is 13.0. The average Bonchev–Trinajstić information content (AvgIpc) is 3.32. The summed E-state index contributed by atoms with van der Waals surface area (Å²) < 4.78 is 6.58. The maximum Gasteiger partial charge on any atom is 0.247 e. The number of nitrogens with zero attached hydrogens (tertiary/aromatic N) is 2. The Morgan fingerprint density at radius 2 is 1.91 bits per heavy atom. The van der Waals surface area contributed by atoms with E-state index >= 15 is 0 Å². The summed E-state index contributed by atoms with van der Waals surface area (Å²) in [5.41, 5.74) is 0.994. The molecule has 1 amide bonds. The van der Waals surface area contributed by atoms with E-state index in [4.69, 9.17) is 4.74 Å². The summed E-state index contributed by atoms with van der Waals surface area (Å²) in [6.45, 7) is 1.53. The van der Waals surface area contributed by atoms with Crippen LogP contribution in [0.15, 0.2) is 30.3 Å². The lowest BCUT2D eigenvalue weighted by atomic mass is 10.1. The normalized spacial score (nSPS) is 19.5. The predicted octanol–water partition coefficient (Wildman–Crippen LogP) is 3.48. The standard InChI is InChI=1S/C18H20N2O2S/c21-18(20(13-5-6-13)14-9-11-22-12-10-14)8-7-17-19-15-3-1-2-4-16(15)23-17/h1-4,7-8,13-14H,5-6,9-12H2/b8-7+. The lowest BCUT2D eigenvalue weighted by Crippen LogP contribution is -2.44. The maximum atomic E-state index is 12.7. The second kappa shape index (κ2) is 6.42. The van der Waals surface area contributed by atoms with Crippen molar-refractivity contribution in [2.24, 2.45) is 0 Å². The van der Waals surface area contributed by atoms with Crippen LogP contribution < -0.4 is 0 Å². The molecule has 2 fully saturated rings. The first-order valence-electron chi connectivity index (χ1n) is 8.25. The Hall–Kier alpha value is -1.72. The molecule has 1 aliphatic heterocycles. The van der Waals surface area contributed by atoms with E-state index in [1.807, 2.05) is 24.3 Å². The van der Waals surface area contributed by atoms with Gasteiger partial charge >= 0.3 is 0 Å². The fraction of sp³-hybridized carbons (Fsp3) is 0.444. The number of rotatable bonds is 4. The van der Waals surface area contributed by atoms with Crippen molar-refractivity contribution in [2.45, 2.75) is 37.8 Å². The van der Waals surface area contributed by atoms with E-state index < -0.39 is 0 Å². The van der Waals surface area contributed by atoms with Crippen LogP contribution in [0.25, 0.3) is 16.3 Å². The highest BCUT2D eigenvalue weighted by Crippen LogP contribution is 2.32. The SMILES string of the molecule is O=C(/C=C/c1nc2ccccc2s1)N(C1CCOCC1)C1CC1. The molecule has 1 aromatic carbocycles. The van der Waals surface area contributed by atoms with Crippen molar-refractivity contribution in [1.82, 2.24) is 9.88 Å².